The Kier molecular flexibility index (Phi) is 7.69. The zero-order chi connectivity index (χ0) is 21.1. The van der Waals surface area contributed by atoms with Gasteiger partial charge in [0.2, 0.25) is 0 Å². The number of rotatable bonds is 5. The fourth-order valence-electron chi connectivity index (χ4n) is 3.82. The lowest BCUT2D eigenvalue weighted by Gasteiger charge is -2.21. The predicted octanol–water partition coefficient (Wildman–Crippen LogP) is 3.87. The fourth-order valence-corrected chi connectivity index (χ4v) is 3.82. The van der Waals surface area contributed by atoms with Gasteiger partial charge in [0.15, 0.2) is 5.96 Å². The van der Waals surface area contributed by atoms with E-state index in [9.17, 15) is 8.78 Å². The molecule has 31 heavy (non-hydrogen) atoms. The molecule has 0 bridgehead atoms. The normalized spacial score (nSPS) is 16.5. The number of hydrogen-bond donors (Lipinski definition) is 2. The van der Waals surface area contributed by atoms with Crippen molar-refractivity contribution >= 4 is 41.3 Å². The molecule has 0 aliphatic carbocycles. The van der Waals surface area contributed by atoms with Crippen LogP contribution in [0, 0.1) is 18.6 Å². The first-order valence-corrected chi connectivity index (χ1v) is 10.2. The molecule has 1 aliphatic rings. The number of benzene rings is 1. The molecule has 1 atom stereocenters. The first-order chi connectivity index (χ1) is 14.5. The summed E-state index contributed by atoms with van der Waals surface area (Å²) in [6, 6.07) is 10.0. The minimum atomic E-state index is -0.529. The second-order valence-electron chi connectivity index (χ2n) is 7.47. The number of guanidine groups is 1. The van der Waals surface area contributed by atoms with E-state index in [4.69, 9.17) is 0 Å². The minimum absolute atomic E-state index is 0. The molecule has 0 spiro atoms. The summed E-state index contributed by atoms with van der Waals surface area (Å²) in [4.78, 5) is 11.0. The number of aliphatic imine (C=N–C) groups is 1. The largest absolute Gasteiger partial charge is 0.365 e. The van der Waals surface area contributed by atoms with E-state index in [1.807, 2.05) is 42.6 Å². The van der Waals surface area contributed by atoms with Gasteiger partial charge in [-0.15, -0.1) is 24.0 Å². The Labute approximate surface area is 197 Å². The molecule has 4 rings (SSSR count). The average Bonchev–Trinajstić information content (AvgIpc) is 3.34. The quantitative estimate of drug-likeness (QED) is 0.293. The lowest BCUT2D eigenvalue weighted by atomic mass is 10.2. The number of fused-ring (bicyclic) bond motifs is 1. The molecule has 0 saturated carbocycles. The van der Waals surface area contributed by atoms with Gasteiger partial charge in [-0.3, -0.25) is 0 Å². The van der Waals surface area contributed by atoms with Crippen molar-refractivity contribution in [1.82, 2.24) is 20.0 Å². The molecule has 0 amide bonds. The molecule has 9 heteroatoms. The lowest BCUT2D eigenvalue weighted by molar-refractivity contribution is 0.576. The van der Waals surface area contributed by atoms with Crippen molar-refractivity contribution in [1.29, 1.82) is 0 Å². The van der Waals surface area contributed by atoms with E-state index in [0.717, 1.165) is 23.5 Å². The maximum Gasteiger partial charge on any atom is 0.191 e. The maximum atomic E-state index is 14.1. The SMILES string of the molecule is CCNC(=NCc1cn2c(C)cccc2n1)NC1CCN(c2c(F)cccc2F)C1.I. The molecule has 3 aromatic rings. The molecule has 1 aromatic carbocycles. The molecule has 2 N–H and O–H groups in total. The third kappa shape index (κ3) is 5.25. The third-order valence-corrected chi connectivity index (χ3v) is 5.27. The summed E-state index contributed by atoms with van der Waals surface area (Å²) in [6.07, 6.45) is 2.77. The molecule has 1 aliphatic heterocycles. The van der Waals surface area contributed by atoms with Crippen molar-refractivity contribution in [3.63, 3.8) is 0 Å². The minimum Gasteiger partial charge on any atom is -0.365 e. The Morgan fingerprint density at radius 1 is 1.19 bits per heavy atom. The van der Waals surface area contributed by atoms with Crippen LogP contribution in [0.4, 0.5) is 14.5 Å². The third-order valence-electron chi connectivity index (χ3n) is 5.27. The number of aromatic nitrogens is 2. The highest BCUT2D eigenvalue weighted by molar-refractivity contribution is 14.0. The number of aryl methyl sites for hydroxylation is 1. The molecular formula is C22H27F2IN6. The van der Waals surface area contributed by atoms with E-state index < -0.39 is 11.6 Å². The highest BCUT2D eigenvalue weighted by atomic mass is 127. The number of nitrogens with zero attached hydrogens (tertiary/aromatic N) is 4. The molecule has 1 saturated heterocycles. The van der Waals surface area contributed by atoms with Gasteiger partial charge in [0.25, 0.3) is 0 Å². The van der Waals surface area contributed by atoms with Crippen LogP contribution in [0.2, 0.25) is 0 Å². The second kappa shape index (κ2) is 10.3. The highest BCUT2D eigenvalue weighted by Crippen LogP contribution is 2.26. The van der Waals surface area contributed by atoms with E-state index in [0.29, 0.717) is 32.1 Å². The average molecular weight is 540 g/mol. The van der Waals surface area contributed by atoms with Crippen molar-refractivity contribution in [2.24, 2.45) is 4.99 Å². The summed E-state index contributed by atoms with van der Waals surface area (Å²) in [7, 11) is 0. The molecule has 166 valence electrons. The number of hydrogen-bond acceptors (Lipinski definition) is 3. The summed E-state index contributed by atoms with van der Waals surface area (Å²) in [5.74, 6) is -0.385. The Bertz CT molecular complexity index is 1050. The van der Waals surface area contributed by atoms with Crippen molar-refractivity contribution < 1.29 is 8.78 Å². The van der Waals surface area contributed by atoms with E-state index in [2.05, 4.69) is 20.6 Å². The molecule has 2 aromatic heterocycles. The van der Waals surface area contributed by atoms with E-state index in [1.165, 1.54) is 18.2 Å². The number of pyridine rings is 1. The predicted molar refractivity (Wildman–Crippen MR) is 130 cm³/mol. The second-order valence-corrected chi connectivity index (χ2v) is 7.47. The summed E-state index contributed by atoms with van der Waals surface area (Å²) in [5, 5.41) is 6.63. The van der Waals surface area contributed by atoms with Crippen LogP contribution in [-0.4, -0.2) is 41.0 Å². The summed E-state index contributed by atoms with van der Waals surface area (Å²) in [5.41, 5.74) is 2.94. The number of imidazole rings is 1. The van der Waals surface area contributed by atoms with Gasteiger partial charge < -0.3 is 19.9 Å². The number of anilines is 1. The molecule has 6 nitrogen and oxygen atoms in total. The van der Waals surface area contributed by atoms with Crippen LogP contribution in [0.5, 0.6) is 0 Å². The van der Waals surface area contributed by atoms with Gasteiger partial charge in [0.05, 0.1) is 12.2 Å². The standard InChI is InChI=1S/C22H26F2N6.HI/c1-3-25-22(26-12-17-14-30-15(2)6-4-9-20(30)27-17)28-16-10-11-29(13-16)21-18(23)7-5-8-19(21)24;/h4-9,14,16H,3,10-13H2,1-2H3,(H2,25,26,28);1H. The summed E-state index contributed by atoms with van der Waals surface area (Å²) >= 11 is 0. The number of para-hydroxylation sites is 1. The zero-order valence-corrected chi connectivity index (χ0v) is 19.9. The van der Waals surface area contributed by atoms with Gasteiger partial charge in [0, 0.05) is 37.6 Å². The van der Waals surface area contributed by atoms with Gasteiger partial charge in [-0.05, 0) is 44.5 Å². The van der Waals surface area contributed by atoms with Gasteiger partial charge >= 0.3 is 0 Å². The van der Waals surface area contributed by atoms with E-state index in [1.54, 1.807) is 4.90 Å². The smallest absolute Gasteiger partial charge is 0.191 e. The van der Waals surface area contributed by atoms with Crippen LogP contribution >= 0.6 is 24.0 Å². The summed E-state index contributed by atoms with van der Waals surface area (Å²) < 4.78 is 30.2. The van der Waals surface area contributed by atoms with E-state index in [-0.39, 0.29) is 35.7 Å². The van der Waals surface area contributed by atoms with E-state index >= 15 is 0 Å². The van der Waals surface area contributed by atoms with Crippen LogP contribution in [0.25, 0.3) is 5.65 Å². The number of halogens is 3. The van der Waals surface area contributed by atoms with Crippen molar-refractivity contribution in [3.8, 4) is 0 Å². The summed E-state index contributed by atoms with van der Waals surface area (Å²) in [6.45, 7) is 6.29. The van der Waals surface area contributed by atoms with Crippen LogP contribution in [0.1, 0.15) is 24.7 Å². The highest BCUT2D eigenvalue weighted by Gasteiger charge is 2.27. The lowest BCUT2D eigenvalue weighted by Crippen LogP contribution is -2.44. The van der Waals surface area contributed by atoms with Crippen molar-refractivity contribution in [3.05, 3.63) is 65.6 Å². The Morgan fingerprint density at radius 3 is 2.65 bits per heavy atom. The van der Waals surface area contributed by atoms with Crippen LogP contribution < -0.4 is 15.5 Å². The Morgan fingerprint density at radius 2 is 1.94 bits per heavy atom. The molecule has 1 unspecified atom stereocenters. The first kappa shape index (κ1) is 23.2. The van der Waals surface area contributed by atoms with Gasteiger partial charge in [-0.2, -0.15) is 0 Å². The Hall–Kier alpha value is -2.43. The maximum absolute atomic E-state index is 14.1. The van der Waals surface area contributed by atoms with Crippen molar-refractivity contribution in [2.45, 2.75) is 32.9 Å². The molecule has 1 fully saturated rings. The molecular weight excluding hydrogens is 513 g/mol. The van der Waals surface area contributed by atoms with Crippen molar-refractivity contribution in [2.75, 3.05) is 24.5 Å². The van der Waals surface area contributed by atoms with Gasteiger partial charge in [-0.1, -0.05) is 12.1 Å². The van der Waals surface area contributed by atoms with Crippen LogP contribution in [0.15, 0.2) is 47.6 Å². The first-order valence-electron chi connectivity index (χ1n) is 10.2. The Balaban J connectivity index is 0.00000272. The van der Waals surface area contributed by atoms with Crippen LogP contribution in [-0.2, 0) is 6.54 Å². The molecule has 0 radical (unpaired) electrons. The van der Waals surface area contributed by atoms with Gasteiger partial charge in [0.1, 0.15) is 23.0 Å². The van der Waals surface area contributed by atoms with Gasteiger partial charge in [-0.25, -0.2) is 18.8 Å². The monoisotopic (exact) mass is 540 g/mol. The molecule has 3 heterocycles. The topological polar surface area (TPSA) is 57.0 Å². The fraction of sp³-hybridized carbons (Fsp3) is 0.364. The zero-order valence-electron chi connectivity index (χ0n) is 17.6. The number of nitrogens with one attached hydrogen (secondary N) is 2. The van der Waals surface area contributed by atoms with Crippen LogP contribution in [0.3, 0.4) is 0 Å².